The fourth-order valence-corrected chi connectivity index (χ4v) is 3.34. The number of carbonyl (C=O) groups excluding carboxylic acids is 2. The summed E-state index contributed by atoms with van der Waals surface area (Å²) >= 11 is 1.43. The molecular weight excluding hydrogens is 382 g/mol. The average molecular weight is 397 g/mol. The summed E-state index contributed by atoms with van der Waals surface area (Å²) in [5, 5.41) is 9.94. The van der Waals surface area contributed by atoms with Crippen molar-refractivity contribution in [2.24, 2.45) is 5.73 Å². The number of amides is 2. The third-order valence-corrected chi connectivity index (χ3v) is 4.70. The van der Waals surface area contributed by atoms with Gasteiger partial charge in [-0.1, -0.05) is 35.5 Å². The SMILES string of the molecule is NC(=O)c1c(-c2ccsc2)noc1NC(=O)C1=COC(Cc2ccccc2)O1. The molecule has 0 saturated carbocycles. The maximum atomic E-state index is 12.5. The van der Waals surface area contributed by atoms with Crippen molar-refractivity contribution < 1.29 is 23.6 Å². The molecule has 1 aromatic carbocycles. The van der Waals surface area contributed by atoms with Gasteiger partial charge in [0.05, 0.1) is 0 Å². The zero-order chi connectivity index (χ0) is 19.5. The van der Waals surface area contributed by atoms with Crippen LogP contribution in [0.2, 0.25) is 0 Å². The second kappa shape index (κ2) is 7.57. The molecule has 2 aromatic heterocycles. The molecule has 28 heavy (non-hydrogen) atoms. The number of primary amides is 1. The van der Waals surface area contributed by atoms with Gasteiger partial charge in [0.2, 0.25) is 17.9 Å². The number of anilines is 1. The molecule has 1 atom stereocenters. The van der Waals surface area contributed by atoms with E-state index in [4.69, 9.17) is 19.7 Å². The molecule has 1 aliphatic rings. The molecule has 0 aliphatic carbocycles. The molecule has 8 nitrogen and oxygen atoms in total. The molecule has 3 aromatic rings. The summed E-state index contributed by atoms with van der Waals surface area (Å²) in [6.07, 6.45) is 1.09. The second-order valence-electron chi connectivity index (χ2n) is 5.92. The van der Waals surface area contributed by atoms with Crippen molar-refractivity contribution in [3.8, 4) is 11.3 Å². The van der Waals surface area contributed by atoms with Gasteiger partial charge in [-0.15, -0.1) is 0 Å². The van der Waals surface area contributed by atoms with Crippen molar-refractivity contribution >= 4 is 29.0 Å². The van der Waals surface area contributed by atoms with E-state index in [1.165, 1.54) is 17.6 Å². The van der Waals surface area contributed by atoms with Crippen LogP contribution in [0.3, 0.4) is 0 Å². The quantitative estimate of drug-likeness (QED) is 0.661. The molecule has 0 bridgehead atoms. The molecule has 0 radical (unpaired) electrons. The number of hydrogen-bond acceptors (Lipinski definition) is 7. The van der Waals surface area contributed by atoms with Crippen molar-refractivity contribution in [2.75, 3.05) is 5.32 Å². The van der Waals surface area contributed by atoms with Gasteiger partial charge in [-0.3, -0.25) is 14.9 Å². The fraction of sp³-hybridized carbons (Fsp3) is 0.105. The highest BCUT2D eigenvalue weighted by molar-refractivity contribution is 7.08. The molecule has 1 unspecified atom stereocenters. The first-order valence-electron chi connectivity index (χ1n) is 8.31. The van der Waals surface area contributed by atoms with Gasteiger partial charge in [-0.05, 0) is 17.0 Å². The topological polar surface area (TPSA) is 117 Å². The highest BCUT2D eigenvalue weighted by Crippen LogP contribution is 2.30. The van der Waals surface area contributed by atoms with Gasteiger partial charge in [0.15, 0.2) is 0 Å². The van der Waals surface area contributed by atoms with Crippen LogP contribution in [0.4, 0.5) is 5.88 Å². The Morgan fingerprint density at radius 3 is 2.75 bits per heavy atom. The molecular formula is C19H15N3O5S. The van der Waals surface area contributed by atoms with E-state index in [0.29, 0.717) is 12.0 Å². The monoisotopic (exact) mass is 397 g/mol. The van der Waals surface area contributed by atoms with Crippen LogP contribution < -0.4 is 11.1 Å². The number of aromatic nitrogens is 1. The van der Waals surface area contributed by atoms with Gasteiger partial charge >= 0.3 is 0 Å². The predicted molar refractivity (Wildman–Crippen MR) is 101 cm³/mol. The minimum atomic E-state index is -0.766. The average Bonchev–Trinajstić information content (AvgIpc) is 3.43. The van der Waals surface area contributed by atoms with Crippen molar-refractivity contribution in [1.29, 1.82) is 0 Å². The molecule has 3 heterocycles. The third-order valence-electron chi connectivity index (χ3n) is 4.01. The van der Waals surface area contributed by atoms with Crippen LogP contribution in [0.1, 0.15) is 15.9 Å². The van der Waals surface area contributed by atoms with Gasteiger partial charge in [0.25, 0.3) is 11.8 Å². The van der Waals surface area contributed by atoms with Gasteiger partial charge < -0.3 is 19.7 Å². The van der Waals surface area contributed by atoms with E-state index in [9.17, 15) is 9.59 Å². The Morgan fingerprint density at radius 1 is 1.21 bits per heavy atom. The number of ether oxygens (including phenoxy) is 2. The summed E-state index contributed by atoms with van der Waals surface area (Å²) in [6.45, 7) is 0. The Kier molecular flexibility index (Phi) is 4.81. The zero-order valence-corrected chi connectivity index (χ0v) is 15.3. The van der Waals surface area contributed by atoms with Crippen LogP contribution in [0.5, 0.6) is 0 Å². The normalized spacial score (nSPS) is 15.4. The first kappa shape index (κ1) is 17.8. The molecule has 9 heteroatoms. The minimum Gasteiger partial charge on any atom is -0.458 e. The largest absolute Gasteiger partial charge is 0.458 e. The second-order valence-corrected chi connectivity index (χ2v) is 6.70. The summed E-state index contributed by atoms with van der Waals surface area (Å²) in [7, 11) is 0. The maximum Gasteiger partial charge on any atom is 0.296 e. The van der Waals surface area contributed by atoms with Crippen molar-refractivity contribution in [1.82, 2.24) is 5.16 Å². The molecule has 1 aliphatic heterocycles. The third kappa shape index (κ3) is 3.60. The van der Waals surface area contributed by atoms with E-state index >= 15 is 0 Å². The van der Waals surface area contributed by atoms with Crippen molar-refractivity contribution in [3.05, 3.63) is 70.3 Å². The fourth-order valence-electron chi connectivity index (χ4n) is 2.70. The molecule has 2 amide bonds. The van der Waals surface area contributed by atoms with Crippen molar-refractivity contribution in [2.45, 2.75) is 12.7 Å². The van der Waals surface area contributed by atoms with E-state index in [-0.39, 0.29) is 22.9 Å². The minimum absolute atomic E-state index is 0.00731. The number of nitrogens with one attached hydrogen (secondary N) is 1. The van der Waals surface area contributed by atoms with Crippen LogP contribution in [0.25, 0.3) is 11.3 Å². The molecule has 0 fully saturated rings. The number of carbonyl (C=O) groups is 2. The summed E-state index contributed by atoms with van der Waals surface area (Å²) in [5.41, 5.74) is 7.39. The van der Waals surface area contributed by atoms with E-state index in [2.05, 4.69) is 10.5 Å². The Labute approximate surface area is 163 Å². The number of hydrogen-bond donors (Lipinski definition) is 2. The lowest BCUT2D eigenvalue weighted by Gasteiger charge is -2.11. The van der Waals surface area contributed by atoms with Crippen LogP contribution >= 0.6 is 11.3 Å². The number of rotatable bonds is 6. The molecule has 3 N–H and O–H groups in total. The standard InChI is InChI=1S/C19H15N3O5S/c20-17(23)15-16(12-6-7-28-10-12)22-27-19(15)21-18(24)13-9-25-14(26-13)8-11-4-2-1-3-5-11/h1-7,9-10,14H,8H2,(H2,20,23)(H,21,24). The Balaban J connectivity index is 1.45. The van der Waals surface area contributed by atoms with E-state index in [0.717, 1.165) is 5.56 Å². The molecule has 4 rings (SSSR count). The summed E-state index contributed by atoms with van der Waals surface area (Å²) in [4.78, 5) is 24.3. The van der Waals surface area contributed by atoms with Gasteiger partial charge in [-0.25, -0.2) is 0 Å². The summed E-state index contributed by atoms with van der Waals surface area (Å²) < 4.78 is 16.0. The lowest BCUT2D eigenvalue weighted by Crippen LogP contribution is -2.20. The van der Waals surface area contributed by atoms with Gasteiger partial charge in [0, 0.05) is 17.4 Å². The predicted octanol–water partition coefficient (Wildman–Crippen LogP) is 2.90. The molecule has 0 spiro atoms. The number of thiophene rings is 1. The number of nitrogens with zero attached hydrogens (tertiary/aromatic N) is 1. The highest BCUT2D eigenvalue weighted by Gasteiger charge is 2.29. The number of benzene rings is 1. The van der Waals surface area contributed by atoms with Gasteiger partial charge in [-0.2, -0.15) is 11.3 Å². The zero-order valence-electron chi connectivity index (χ0n) is 14.5. The first-order chi connectivity index (χ1) is 13.6. The highest BCUT2D eigenvalue weighted by atomic mass is 32.1. The maximum absolute atomic E-state index is 12.5. The van der Waals surface area contributed by atoms with Crippen molar-refractivity contribution in [3.63, 3.8) is 0 Å². The summed E-state index contributed by atoms with van der Waals surface area (Å²) in [5.74, 6) is -1.58. The van der Waals surface area contributed by atoms with Crippen LogP contribution in [0.15, 0.2) is 63.7 Å². The van der Waals surface area contributed by atoms with Crippen LogP contribution in [-0.2, 0) is 20.7 Å². The molecule has 142 valence electrons. The van der Waals surface area contributed by atoms with Gasteiger partial charge in [0.1, 0.15) is 17.5 Å². The Bertz CT molecular complexity index is 1030. The summed E-state index contributed by atoms with van der Waals surface area (Å²) in [6, 6.07) is 11.4. The van der Waals surface area contributed by atoms with Crippen LogP contribution in [-0.4, -0.2) is 23.3 Å². The van der Waals surface area contributed by atoms with E-state index in [1.54, 1.807) is 11.4 Å². The lowest BCUT2D eigenvalue weighted by atomic mass is 10.1. The molecule has 0 saturated heterocycles. The van der Waals surface area contributed by atoms with E-state index < -0.39 is 18.1 Å². The first-order valence-corrected chi connectivity index (χ1v) is 9.25. The smallest absolute Gasteiger partial charge is 0.296 e. The Hall–Kier alpha value is -3.59. The lowest BCUT2D eigenvalue weighted by molar-refractivity contribution is -0.118. The number of nitrogens with two attached hydrogens (primary N) is 1. The van der Waals surface area contributed by atoms with E-state index in [1.807, 2.05) is 35.7 Å². The Morgan fingerprint density at radius 2 is 2.04 bits per heavy atom. The van der Waals surface area contributed by atoms with Crippen LogP contribution in [0, 0.1) is 0 Å².